The summed E-state index contributed by atoms with van der Waals surface area (Å²) in [4.78, 5) is 36.4. The van der Waals surface area contributed by atoms with E-state index in [2.05, 4.69) is 13.8 Å². The third-order valence-corrected chi connectivity index (χ3v) is 7.69. The van der Waals surface area contributed by atoms with E-state index in [1.54, 1.807) is 12.1 Å². The van der Waals surface area contributed by atoms with E-state index in [9.17, 15) is 28.1 Å². The number of sulfonamides is 1. The van der Waals surface area contributed by atoms with E-state index in [0.717, 1.165) is 34.9 Å². The van der Waals surface area contributed by atoms with Crippen LogP contribution in [0.3, 0.4) is 0 Å². The van der Waals surface area contributed by atoms with Gasteiger partial charge < -0.3 is 4.90 Å². The molecule has 1 atom stereocenters. The summed E-state index contributed by atoms with van der Waals surface area (Å²) in [6.07, 6.45) is 1.99. The summed E-state index contributed by atoms with van der Waals surface area (Å²) in [6.45, 7) is 4.42. The summed E-state index contributed by atoms with van der Waals surface area (Å²) < 4.78 is 28.3. The largest absolute Gasteiger partial charge is 0.339 e. The maximum Gasteiger partial charge on any atom is 0.285 e. The number of amides is 1. The highest BCUT2D eigenvalue weighted by atomic mass is 32.2. The number of hydrogen-bond acceptors (Lipinski definition) is 6. The molecule has 1 saturated heterocycles. The smallest absolute Gasteiger partial charge is 0.285 e. The van der Waals surface area contributed by atoms with Gasteiger partial charge in [-0.15, -0.1) is 0 Å². The highest BCUT2D eigenvalue weighted by Crippen LogP contribution is 2.23. The Morgan fingerprint density at radius 3 is 2.28 bits per heavy atom. The normalized spacial score (nSPS) is 16.0. The van der Waals surface area contributed by atoms with E-state index in [-0.39, 0.29) is 43.3 Å². The highest BCUT2D eigenvalue weighted by Gasteiger charge is 2.30. The van der Waals surface area contributed by atoms with E-state index >= 15 is 0 Å². The van der Waals surface area contributed by atoms with Crippen LogP contribution in [0, 0.1) is 10.1 Å². The molecule has 0 bridgehead atoms. The predicted octanol–water partition coefficient (Wildman–Crippen LogP) is 1.80. The molecule has 0 aliphatic carbocycles. The molecule has 1 aromatic carbocycles. The van der Waals surface area contributed by atoms with Gasteiger partial charge in [0.25, 0.3) is 11.2 Å². The molecule has 2 aromatic rings. The van der Waals surface area contributed by atoms with Crippen molar-refractivity contribution in [1.82, 2.24) is 13.8 Å². The zero-order valence-corrected chi connectivity index (χ0v) is 18.8. The number of rotatable bonds is 7. The van der Waals surface area contributed by atoms with E-state index < -0.39 is 26.4 Å². The molecule has 0 saturated carbocycles. The number of carbonyl (C=O) groups is 1. The Labute approximate surface area is 186 Å². The van der Waals surface area contributed by atoms with Gasteiger partial charge in [-0.25, -0.2) is 8.42 Å². The first kappa shape index (κ1) is 23.6. The van der Waals surface area contributed by atoms with E-state index in [1.165, 1.54) is 9.21 Å². The second kappa shape index (κ2) is 9.61. The second-order valence-electron chi connectivity index (χ2n) is 7.77. The molecule has 3 rings (SSSR count). The fourth-order valence-corrected chi connectivity index (χ4v) is 4.95. The Kier molecular flexibility index (Phi) is 7.09. The number of pyridine rings is 1. The van der Waals surface area contributed by atoms with Crippen LogP contribution in [0.2, 0.25) is 0 Å². The van der Waals surface area contributed by atoms with Crippen LogP contribution in [0.15, 0.2) is 52.3 Å². The number of nitro groups is 1. The first-order chi connectivity index (χ1) is 15.1. The Bertz CT molecular complexity index is 1150. The van der Waals surface area contributed by atoms with Crippen molar-refractivity contribution in [2.24, 2.45) is 0 Å². The van der Waals surface area contributed by atoms with Crippen LogP contribution in [0.1, 0.15) is 31.7 Å². The van der Waals surface area contributed by atoms with Gasteiger partial charge >= 0.3 is 0 Å². The summed E-state index contributed by atoms with van der Waals surface area (Å²) in [6, 6.07) is 9.02. The van der Waals surface area contributed by atoms with Gasteiger partial charge in [-0.2, -0.15) is 4.31 Å². The van der Waals surface area contributed by atoms with Crippen LogP contribution < -0.4 is 5.56 Å². The molecule has 32 heavy (non-hydrogen) atoms. The van der Waals surface area contributed by atoms with Crippen molar-refractivity contribution in [2.45, 2.75) is 37.6 Å². The SMILES string of the molecule is CCC(C)c1ccc(S(=O)(=O)N2CCN(C(=O)Cn3cc([N+](=O)[O-])ccc3=O)CC2)cc1. The molecule has 2 heterocycles. The van der Waals surface area contributed by atoms with Crippen LogP contribution in [-0.2, 0) is 21.4 Å². The topological polar surface area (TPSA) is 123 Å². The molecule has 1 aliphatic heterocycles. The van der Waals surface area contributed by atoms with E-state index in [4.69, 9.17) is 0 Å². The van der Waals surface area contributed by atoms with Gasteiger partial charge in [-0.05, 0) is 30.0 Å². The Hall–Kier alpha value is -3.05. The molecule has 10 nitrogen and oxygen atoms in total. The van der Waals surface area contributed by atoms with Gasteiger partial charge in [0.05, 0.1) is 16.0 Å². The summed E-state index contributed by atoms with van der Waals surface area (Å²) in [5, 5.41) is 10.9. The van der Waals surface area contributed by atoms with Crippen molar-refractivity contribution in [3.8, 4) is 0 Å². The second-order valence-corrected chi connectivity index (χ2v) is 9.71. The van der Waals surface area contributed by atoms with Gasteiger partial charge in [-0.3, -0.25) is 24.3 Å². The summed E-state index contributed by atoms with van der Waals surface area (Å²) in [5.74, 6) is -0.0533. The summed E-state index contributed by atoms with van der Waals surface area (Å²) in [5.41, 5.74) is 0.275. The fourth-order valence-electron chi connectivity index (χ4n) is 3.53. The number of piperazine rings is 1. The molecule has 1 unspecified atom stereocenters. The maximum atomic E-state index is 13.0. The van der Waals surface area contributed by atoms with Crippen molar-refractivity contribution >= 4 is 21.6 Å². The Balaban J connectivity index is 1.64. The molecule has 0 radical (unpaired) electrons. The van der Waals surface area contributed by atoms with Crippen molar-refractivity contribution in [1.29, 1.82) is 0 Å². The lowest BCUT2D eigenvalue weighted by molar-refractivity contribution is -0.385. The number of benzene rings is 1. The maximum absolute atomic E-state index is 13.0. The first-order valence-corrected chi connectivity index (χ1v) is 11.8. The minimum Gasteiger partial charge on any atom is -0.339 e. The molecule has 1 aromatic heterocycles. The number of hydrogen-bond donors (Lipinski definition) is 0. The first-order valence-electron chi connectivity index (χ1n) is 10.4. The number of nitrogens with zero attached hydrogens (tertiary/aromatic N) is 4. The quantitative estimate of drug-likeness (QED) is 0.457. The monoisotopic (exact) mass is 462 g/mol. The van der Waals surface area contributed by atoms with Crippen molar-refractivity contribution < 1.29 is 18.1 Å². The summed E-state index contributed by atoms with van der Waals surface area (Å²) in [7, 11) is -3.68. The Morgan fingerprint density at radius 2 is 1.72 bits per heavy atom. The lowest BCUT2D eigenvalue weighted by Gasteiger charge is -2.34. The zero-order valence-electron chi connectivity index (χ0n) is 18.0. The van der Waals surface area contributed by atoms with Gasteiger partial charge in [-0.1, -0.05) is 26.0 Å². The third kappa shape index (κ3) is 5.05. The molecular formula is C21H26N4O6S. The van der Waals surface area contributed by atoms with Crippen LogP contribution in [0.5, 0.6) is 0 Å². The van der Waals surface area contributed by atoms with Crippen LogP contribution in [-0.4, -0.2) is 59.2 Å². The predicted molar refractivity (Wildman–Crippen MR) is 118 cm³/mol. The third-order valence-electron chi connectivity index (χ3n) is 5.77. The van der Waals surface area contributed by atoms with Crippen molar-refractivity contribution in [2.75, 3.05) is 26.2 Å². The number of aromatic nitrogens is 1. The average Bonchev–Trinajstić information content (AvgIpc) is 2.79. The van der Waals surface area contributed by atoms with Crippen LogP contribution in [0.4, 0.5) is 5.69 Å². The van der Waals surface area contributed by atoms with Crippen molar-refractivity contribution in [3.63, 3.8) is 0 Å². The van der Waals surface area contributed by atoms with Gasteiger partial charge in [0.15, 0.2) is 0 Å². The standard InChI is InChI=1S/C21H26N4O6S/c1-3-16(2)17-4-7-19(8-5-17)32(30,31)24-12-10-22(11-13-24)21(27)15-23-14-18(25(28)29)6-9-20(23)26/h4-9,14,16H,3,10-13,15H2,1-2H3. The van der Waals surface area contributed by atoms with Crippen molar-refractivity contribution in [3.05, 3.63) is 68.6 Å². The van der Waals surface area contributed by atoms with E-state index in [1.807, 2.05) is 12.1 Å². The summed E-state index contributed by atoms with van der Waals surface area (Å²) >= 11 is 0. The van der Waals surface area contributed by atoms with Gasteiger partial charge in [0.2, 0.25) is 15.9 Å². The molecule has 172 valence electrons. The van der Waals surface area contributed by atoms with Crippen LogP contribution in [0.25, 0.3) is 0 Å². The van der Waals surface area contributed by atoms with Crippen LogP contribution >= 0.6 is 0 Å². The molecule has 1 fully saturated rings. The number of carbonyl (C=O) groups excluding carboxylic acids is 1. The zero-order chi connectivity index (χ0) is 23.5. The lowest BCUT2D eigenvalue weighted by atomic mass is 9.99. The minimum absolute atomic E-state index is 0.130. The molecule has 0 spiro atoms. The lowest BCUT2D eigenvalue weighted by Crippen LogP contribution is -2.51. The molecule has 11 heteroatoms. The fraction of sp³-hybridized carbons (Fsp3) is 0.429. The molecular weight excluding hydrogens is 436 g/mol. The Morgan fingerprint density at radius 1 is 1.09 bits per heavy atom. The van der Waals surface area contributed by atoms with E-state index in [0.29, 0.717) is 5.92 Å². The molecule has 1 aliphatic rings. The minimum atomic E-state index is -3.68. The van der Waals surface area contributed by atoms with Gasteiger partial charge in [0, 0.05) is 38.3 Å². The average molecular weight is 463 g/mol. The molecule has 1 amide bonds. The highest BCUT2D eigenvalue weighted by molar-refractivity contribution is 7.89. The van der Waals surface area contributed by atoms with Gasteiger partial charge in [0.1, 0.15) is 6.54 Å². The molecule has 0 N–H and O–H groups in total.